The van der Waals surface area contributed by atoms with Gasteiger partial charge in [-0.25, -0.2) is 0 Å². The minimum Gasteiger partial charge on any atom is -0.454 e. The predicted octanol–water partition coefficient (Wildman–Crippen LogP) is 19.1. The van der Waals surface area contributed by atoms with Crippen molar-refractivity contribution in [2.45, 2.75) is 0 Å². The van der Waals surface area contributed by atoms with E-state index >= 15 is 0 Å². The fraction of sp³-hybridized carbons (Fsp3) is 0. The Labute approximate surface area is 463 Å². The van der Waals surface area contributed by atoms with Gasteiger partial charge >= 0.3 is 0 Å². The monoisotopic (exact) mass is 1030 g/mol. The second kappa shape index (κ2) is 17.1. The molecular formula is C74H42N6O. The van der Waals surface area contributed by atoms with E-state index in [1.54, 1.807) is 0 Å². The Bertz CT molecular complexity index is 5470. The number of para-hydroxylation sites is 7. The average molecular weight is 1030 g/mol. The van der Waals surface area contributed by atoms with Gasteiger partial charge in [0, 0.05) is 53.9 Å². The lowest BCUT2D eigenvalue weighted by molar-refractivity contribution is 0.671. The number of fused-ring (bicyclic) bond motifs is 16. The third kappa shape index (κ3) is 6.15. The first-order valence-corrected chi connectivity index (χ1v) is 27.2. The molecule has 0 unspecified atom stereocenters. The lowest BCUT2D eigenvalue weighted by Crippen LogP contribution is -2.16. The van der Waals surface area contributed by atoms with Crippen molar-refractivity contribution in [3.05, 3.63) is 266 Å². The van der Waals surface area contributed by atoms with E-state index in [0.717, 1.165) is 126 Å². The maximum atomic E-state index is 12.9. The summed E-state index contributed by atoms with van der Waals surface area (Å²) >= 11 is 0. The summed E-state index contributed by atoms with van der Waals surface area (Å²) in [4.78, 5) is 0. The zero-order valence-electron chi connectivity index (χ0n) is 43.3. The van der Waals surface area contributed by atoms with E-state index in [1.165, 1.54) is 0 Å². The highest BCUT2D eigenvalue weighted by molar-refractivity contribution is 6.23. The van der Waals surface area contributed by atoms with Crippen LogP contribution >= 0.6 is 0 Å². The molecule has 0 amide bonds. The Balaban J connectivity index is 1.15. The summed E-state index contributed by atoms with van der Waals surface area (Å²) < 4.78 is 16.1. The van der Waals surface area contributed by atoms with E-state index in [1.807, 2.05) is 18.2 Å². The molecule has 0 saturated heterocycles. The first-order valence-electron chi connectivity index (χ1n) is 27.2. The molecule has 17 rings (SSSR count). The summed E-state index contributed by atoms with van der Waals surface area (Å²) in [6, 6.07) is 94.7. The van der Waals surface area contributed by atoms with Gasteiger partial charge in [-0.1, -0.05) is 194 Å². The zero-order chi connectivity index (χ0) is 53.4. The molecule has 7 heteroatoms. The zero-order valence-corrected chi connectivity index (χ0v) is 43.3. The Morgan fingerprint density at radius 2 is 0.630 bits per heavy atom. The van der Waals surface area contributed by atoms with Crippen LogP contribution in [0.3, 0.4) is 0 Å². The number of aromatic nitrogens is 4. The van der Waals surface area contributed by atoms with Gasteiger partial charge in [0.2, 0.25) is 0 Å². The molecule has 81 heavy (non-hydrogen) atoms. The van der Waals surface area contributed by atoms with Gasteiger partial charge in [0.15, 0.2) is 5.58 Å². The molecule has 0 N–H and O–H groups in total. The van der Waals surface area contributed by atoms with Gasteiger partial charge in [-0.15, -0.1) is 0 Å². The highest BCUT2D eigenvalue weighted by Gasteiger charge is 2.35. The minimum absolute atomic E-state index is 0.375. The van der Waals surface area contributed by atoms with Gasteiger partial charge in [-0.2, -0.15) is 10.5 Å². The van der Waals surface area contributed by atoms with Crippen molar-refractivity contribution in [3.63, 3.8) is 0 Å². The van der Waals surface area contributed by atoms with Crippen LogP contribution in [0.4, 0.5) is 0 Å². The van der Waals surface area contributed by atoms with Crippen LogP contribution in [0.1, 0.15) is 11.1 Å². The lowest BCUT2D eigenvalue weighted by Gasteiger charge is -2.27. The van der Waals surface area contributed by atoms with E-state index in [9.17, 15) is 10.5 Å². The molecule has 0 bridgehead atoms. The number of furan rings is 1. The molecule has 7 nitrogen and oxygen atoms in total. The largest absolute Gasteiger partial charge is 0.454 e. The van der Waals surface area contributed by atoms with Crippen molar-refractivity contribution in [2.24, 2.45) is 0 Å². The second-order valence-corrected chi connectivity index (χ2v) is 20.9. The fourth-order valence-electron chi connectivity index (χ4n) is 13.6. The summed E-state index contributed by atoms with van der Waals surface area (Å²) in [6.07, 6.45) is 0. The molecule has 0 aliphatic rings. The molecular weight excluding hydrogens is 989 g/mol. The highest BCUT2D eigenvalue weighted by atomic mass is 16.3. The number of nitriles is 2. The number of rotatable bonds is 6. The molecule has 5 heterocycles. The summed E-state index contributed by atoms with van der Waals surface area (Å²) in [5.41, 5.74) is 15.9. The molecule has 0 spiro atoms. The Hall–Kier alpha value is -11.4. The summed E-state index contributed by atoms with van der Waals surface area (Å²) in [7, 11) is 0. The van der Waals surface area contributed by atoms with Crippen molar-refractivity contribution >= 4 is 109 Å². The first kappa shape index (κ1) is 44.7. The first-order chi connectivity index (χ1) is 40.2. The second-order valence-electron chi connectivity index (χ2n) is 20.9. The number of hydrogen-bond acceptors (Lipinski definition) is 3. The lowest BCUT2D eigenvalue weighted by atomic mass is 9.94. The molecule has 374 valence electrons. The van der Waals surface area contributed by atoms with Crippen LogP contribution in [0.5, 0.6) is 0 Å². The van der Waals surface area contributed by atoms with E-state index in [4.69, 9.17) is 4.42 Å². The average Bonchev–Trinajstić information content (AvgIpc) is 3.96. The summed E-state index contributed by atoms with van der Waals surface area (Å²) in [5.74, 6) is 0. The van der Waals surface area contributed by atoms with E-state index < -0.39 is 0 Å². The molecule has 12 aromatic carbocycles. The van der Waals surface area contributed by atoms with Gasteiger partial charge in [-0.05, 0) is 82.9 Å². The van der Waals surface area contributed by atoms with Crippen LogP contribution in [0.2, 0.25) is 0 Å². The third-order valence-corrected chi connectivity index (χ3v) is 16.8. The Morgan fingerprint density at radius 3 is 1.09 bits per heavy atom. The van der Waals surface area contributed by atoms with Gasteiger partial charge in [-0.3, -0.25) is 0 Å². The molecule has 5 aromatic heterocycles. The van der Waals surface area contributed by atoms with Crippen molar-refractivity contribution < 1.29 is 4.42 Å². The molecule has 17 aromatic rings. The van der Waals surface area contributed by atoms with Crippen molar-refractivity contribution in [1.82, 2.24) is 18.3 Å². The SMILES string of the molecule is N#Cc1c(-n2c3ccccc3c3ccccc32)c(-n2c3ccccc3c3ccccc32)c(C#N)c(-n2c3ccc(-c4ccccc4-c4ccccc4)cc3c3ccc4c5ccccc5oc4c32)c1-n1c2ccccc2c2ccccc21. The van der Waals surface area contributed by atoms with Crippen LogP contribution in [-0.4, -0.2) is 18.3 Å². The fourth-order valence-corrected chi connectivity index (χ4v) is 13.6. The van der Waals surface area contributed by atoms with Crippen LogP contribution in [-0.2, 0) is 0 Å². The van der Waals surface area contributed by atoms with Crippen molar-refractivity contribution in [3.8, 4) is 57.1 Å². The molecule has 0 fully saturated rings. The van der Waals surface area contributed by atoms with Gasteiger partial charge in [0.25, 0.3) is 0 Å². The van der Waals surface area contributed by atoms with Gasteiger partial charge < -0.3 is 22.7 Å². The normalized spacial score (nSPS) is 11.9. The minimum atomic E-state index is 0.375. The standard InChI is InChI=1S/C74H42N6O/c75-43-59-69(77-61-31-13-6-24-49(61)50-25-7-14-32-62(50)77)70(78-63-33-15-8-26-51(63)52-27-9-16-34-64(52)78)60(44-76)72(71(59)79-65-35-17-10-28-53(65)54-29-11-18-36-66(54)79)80-67-41-38-46(48-23-5-4-22-47(48)45-20-2-1-3-21-45)42-58(67)56-39-40-57-55-30-12-19-37-68(55)81-74(57)73(56)80/h1-42H. The Morgan fingerprint density at radius 1 is 0.272 bits per heavy atom. The van der Waals surface area contributed by atoms with E-state index in [2.05, 4.69) is 267 Å². The van der Waals surface area contributed by atoms with Crippen LogP contribution in [0, 0.1) is 22.7 Å². The van der Waals surface area contributed by atoms with E-state index in [0.29, 0.717) is 39.5 Å². The number of benzene rings is 12. The van der Waals surface area contributed by atoms with Gasteiger partial charge in [0.1, 0.15) is 28.8 Å². The van der Waals surface area contributed by atoms with E-state index in [-0.39, 0.29) is 0 Å². The predicted molar refractivity (Wildman–Crippen MR) is 331 cm³/mol. The smallest absolute Gasteiger partial charge is 0.160 e. The molecule has 0 atom stereocenters. The topological polar surface area (TPSA) is 80.4 Å². The Kier molecular flexibility index (Phi) is 9.42. The number of nitrogens with zero attached hydrogens (tertiary/aromatic N) is 6. The van der Waals surface area contributed by atoms with Crippen LogP contribution < -0.4 is 0 Å². The highest BCUT2D eigenvalue weighted by Crippen LogP contribution is 2.50. The maximum Gasteiger partial charge on any atom is 0.160 e. The van der Waals surface area contributed by atoms with Gasteiger partial charge in [0.05, 0.1) is 66.9 Å². The molecule has 0 saturated carbocycles. The molecule has 0 aliphatic heterocycles. The van der Waals surface area contributed by atoms with Crippen molar-refractivity contribution in [1.29, 1.82) is 10.5 Å². The van der Waals surface area contributed by atoms with Crippen LogP contribution in [0.15, 0.2) is 259 Å². The molecule has 0 aliphatic carbocycles. The van der Waals surface area contributed by atoms with Crippen LogP contribution in [0.25, 0.3) is 154 Å². The quantitative estimate of drug-likeness (QED) is 0.166. The third-order valence-electron chi connectivity index (χ3n) is 16.8. The maximum absolute atomic E-state index is 12.9. The number of hydrogen-bond donors (Lipinski definition) is 0. The summed E-state index contributed by atoms with van der Waals surface area (Å²) in [5, 5.41) is 35.7. The molecule has 0 radical (unpaired) electrons. The summed E-state index contributed by atoms with van der Waals surface area (Å²) in [6.45, 7) is 0. The van der Waals surface area contributed by atoms with Crippen molar-refractivity contribution in [2.75, 3.05) is 0 Å².